The number of carbonyl (C=O) groups excluding carboxylic acids is 1. The molecule has 2 aliphatic carbocycles. The molecule has 0 saturated heterocycles. The molecular weight excluding hydrogens is 220 g/mol. The van der Waals surface area contributed by atoms with E-state index in [0.717, 1.165) is 37.5 Å². The molecule has 2 rings (SSSR count). The van der Waals surface area contributed by atoms with Gasteiger partial charge in [-0.3, -0.25) is 4.79 Å². The van der Waals surface area contributed by atoms with Crippen molar-refractivity contribution in [1.82, 2.24) is 0 Å². The van der Waals surface area contributed by atoms with Crippen molar-refractivity contribution in [3.05, 3.63) is 11.6 Å². The molecule has 102 valence electrons. The highest BCUT2D eigenvalue weighted by atomic mass is 16.1. The van der Waals surface area contributed by atoms with E-state index >= 15 is 0 Å². The summed E-state index contributed by atoms with van der Waals surface area (Å²) >= 11 is 0. The number of rotatable bonds is 4. The van der Waals surface area contributed by atoms with Crippen LogP contribution in [0.1, 0.15) is 77.6 Å². The van der Waals surface area contributed by atoms with E-state index in [0.29, 0.717) is 5.78 Å². The molecule has 0 aliphatic heterocycles. The smallest absolute Gasteiger partial charge is 0.133 e. The molecule has 0 aromatic carbocycles. The van der Waals surface area contributed by atoms with Crippen molar-refractivity contribution in [3.63, 3.8) is 0 Å². The van der Waals surface area contributed by atoms with E-state index in [-0.39, 0.29) is 0 Å². The van der Waals surface area contributed by atoms with E-state index in [2.05, 4.69) is 13.0 Å². The maximum Gasteiger partial charge on any atom is 0.133 e. The van der Waals surface area contributed by atoms with Crippen LogP contribution in [-0.4, -0.2) is 5.78 Å². The Hall–Kier alpha value is -0.590. The van der Waals surface area contributed by atoms with Crippen LogP contribution in [0.5, 0.6) is 0 Å². The van der Waals surface area contributed by atoms with E-state index in [1.165, 1.54) is 44.9 Å². The number of hydrogen-bond acceptors (Lipinski definition) is 1. The molecule has 0 radical (unpaired) electrons. The molecule has 0 unspecified atom stereocenters. The maximum absolute atomic E-state index is 11.2. The monoisotopic (exact) mass is 248 g/mol. The van der Waals surface area contributed by atoms with Gasteiger partial charge in [-0.1, -0.05) is 44.3 Å². The van der Waals surface area contributed by atoms with Crippen LogP contribution in [-0.2, 0) is 4.79 Å². The standard InChI is InChI=1S/C17H28O/c1-2-3-14-4-6-15(7-5-14)8-9-16-10-12-17(18)13-11-16/h9,14-15H,2-8,10-13H2,1H3. The van der Waals surface area contributed by atoms with Crippen LogP contribution >= 0.6 is 0 Å². The predicted molar refractivity (Wildman–Crippen MR) is 76.5 cm³/mol. The molecule has 0 N–H and O–H groups in total. The van der Waals surface area contributed by atoms with Crippen LogP contribution in [0.25, 0.3) is 0 Å². The van der Waals surface area contributed by atoms with Gasteiger partial charge in [0.05, 0.1) is 0 Å². The van der Waals surface area contributed by atoms with Crippen LogP contribution in [0.3, 0.4) is 0 Å². The topological polar surface area (TPSA) is 17.1 Å². The summed E-state index contributed by atoms with van der Waals surface area (Å²) in [5.41, 5.74) is 1.56. The quantitative estimate of drug-likeness (QED) is 0.636. The molecule has 0 spiro atoms. The Kier molecular flexibility index (Phi) is 5.46. The van der Waals surface area contributed by atoms with Crippen LogP contribution in [0.15, 0.2) is 11.6 Å². The Bertz CT molecular complexity index is 283. The van der Waals surface area contributed by atoms with Crippen molar-refractivity contribution in [2.45, 2.75) is 77.6 Å². The second-order valence-corrected chi connectivity index (χ2v) is 6.31. The summed E-state index contributed by atoms with van der Waals surface area (Å²) in [6.45, 7) is 2.31. The molecule has 18 heavy (non-hydrogen) atoms. The first-order valence-electron chi connectivity index (χ1n) is 7.97. The minimum absolute atomic E-state index is 0.465. The van der Waals surface area contributed by atoms with Gasteiger partial charge >= 0.3 is 0 Å². The van der Waals surface area contributed by atoms with Gasteiger partial charge in [-0.05, 0) is 43.9 Å². The van der Waals surface area contributed by atoms with E-state index in [9.17, 15) is 4.79 Å². The van der Waals surface area contributed by atoms with Crippen LogP contribution < -0.4 is 0 Å². The van der Waals surface area contributed by atoms with Gasteiger partial charge in [-0.2, -0.15) is 0 Å². The third kappa shape index (κ3) is 4.26. The number of carbonyl (C=O) groups is 1. The lowest BCUT2D eigenvalue weighted by molar-refractivity contribution is -0.119. The minimum Gasteiger partial charge on any atom is -0.300 e. The first kappa shape index (κ1) is 13.8. The summed E-state index contributed by atoms with van der Waals surface area (Å²) in [6, 6.07) is 0. The van der Waals surface area contributed by atoms with Gasteiger partial charge in [0.1, 0.15) is 5.78 Å². The third-order valence-electron chi connectivity index (χ3n) is 4.85. The molecule has 0 atom stereocenters. The lowest BCUT2D eigenvalue weighted by atomic mass is 9.78. The largest absolute Gasteiger partial charge is 0.300 e. The Morgan fingerprint density at radius 2 is 1.61 bits per heavy atom. The minimum atomic E-state index is 0.465. The Labute approximate surface area is 112 Å². The fourth-order valence-corrected chi connectivity index (χ4v) is 3.55. The molecule has 2 aliphatic rings. The van der Waals surface area contributed by atoms with E-state index in [1.807, 2.05) is 0 Å². The predicted octanol–water partition coefficient (Wildman–Crippen LogP) is 5.05. The Morgan fingerprint density at radius 3 is 2.22 bits per heavy atom. The first-order valence-corrected chi connectivity index (χ1v) is 7.97. The van der Waals surface area contributed by atoms with Gasteiger partial charge in [0.15, 0.2) is 0 Å². The molecule has 0 aromatic rings. The SMILES string of the molecule is CCCC1CCC(CC=C2CCC(=O)CC2)CC1. The van der Waals surface area contributed by atoms with E-state index in [1.54, 1.807) is 5.57 Å². The van der Waals surface area contributed by atoms with Crippen LogP contribution in [0, 0.1) is 11.8 Å². The molecule has 0 amide bonds. The fourth-order valence-electron chi connectivity index (χ4n) is 3.55. The summed E-state index contributed by atoms with van der Waals surface area (Å²) in [7, 11) is 0. The van der Waals surface area contributed by atoms with E-state index < -0.39 is 0 Å². The number of hydrogen-bond donors (Lipinski definition) is 0. The molecule has 1 heteroatoms. The third-order valence-corrected chi connectivity index (χ3v) is 4.85. The average Bonchev–Trinajstić information content (AvgIpc) is 2.40. The Morgan fingerprint density at radius 1 is 1.00 bits per heavy atom. The van der Waals surface area contributed by atoms with Gasteiger partial charge in [0.25, 0.3) is 0 Å². The second kappa shape index (κ2) is 7.11. The second-order valence-electron chi connectivity index (χ2n) is 6.31. The highest BCUT2D eigenvalue weighted by Crippen LogP contribution is 2.34. The molecule has 0 aromatic heterocycles. The Balaban J connectivity index is 1.68. The van der Waals surface area contributed by atoms with Gasteiger partial charge in [0, 0.05) is 12.8 Å². The zero-order chi connectivity index (χ0) is 12.8. The lowest BCUT2D eigenvalue weighted by Gasteiger charge is -2.28. The van der Waals surface area contributed by atoms with Crippen molar-refractivity contribution >= 4 is 5.78 Å². The first-order chi connectivity index (χ1) is 8.78. The fraction of sp³-hybridized carbons (Fsp3) is 0.824. The van der Waals surface area contributed by atoms with Crippen molar-refractivity contribution in [1.29, 1.82) is 0 Å². The van der Waals surface area contributed by atoms with Gasteiger partial charge in [0.2, 0.25) is 0 Å². The molecule has 0 bridgehead atoms. The molecular formula is C17H28O. The number of allylic oxidation sites excluding steroid dienone is 2. The van der Waals surface area contributed by atoms with Gasteiger partial charge < -0.3 is 0 Å². The molecule has 2 saturated carbocycles. The summed E-state index contributed by atoms with van der Waals surface area (Å²) < 4.78 is 0. The van der Waals surface area contributed by atoms with Crippen molar-refractivity contribution in [2.75, 3.05) is 0 Å². The zero-order valence-corrected chi connectivity index (χ0v) is 11.9. The summed E-state index contributed by atoms with van der Waals surface area (Å²) in [4.78, 5) is 11.2. The van der Waals surface area contributed by atoms with Crippen LogP contribution in [0.2, 0.25) is 0 Å². The van der Waals surface area contributed by atoms with Crippen molar-refractivity contribution in [2.24, 2.45) is 11.8 Å². The van der Waals surface area contributed by atoms with Crippen LogP contribution in [0.4, 0.5) is 0 Å². The van der Waals surface area contributed by atoms with E-state index in [4.69, 9.17) is 0 Å². The number of ketones is 1. The van der Waals surface area contributed by atoms with Crippen molar-refractivity contribution < 1.29 is 4.79 Å². The lowest BCUT2D eigenvalue weighted by Crippen LogP contribution is -2.14. The maximum atomic E-state index is 11.2. The number of Topliss-reactive ketones (excluding diaryl/α,β-unsaturated/α-hetero) is 1. The zero-order valence-electron chi connectivity index (χ0n) is 11.9. The van der Waals surface area contributed by atoms with Gasteiger partial charge in [-0.25, -0.2) is 0 Å². The molecule has 0 heterocycles. The summed E-state index contributed by atoms with van der Waals surface area (Å²) in [6.07, 6.45) is 16.0. The van der Waals surface area contributed by atoms with Gasteiger partial charge in [-0.15, -0.1) is 0 Å². The highest BCUT2D eigenvalue weighted by molar-refractivity contribution is 5.80. The molecule has 1 nitrogen and oxygen atoms in total. The average molecular weight is 248 g/mol. The summed E-state index contributed by atoms with van der Waals surface area (Å²) in [5, 5.41) is 0. The molecule has 2 fully saturated rings. The highest BCUT2D eigenvalue weighted by Gasteiger charge is 2.20. The normalized spacial score (nSPS) is 29.4. The van der Waals surface area contributed by atoms with Crippen molar-refractivity contribution in [3.8, 4) is 0 Å². The summed E-state index contributed by atoms with van der Waals surface area (Å²) in [5.74, 6) is 2.42.